The molecule has 136 valence electrons. The average Bonchev–Trinajstić information content (AvgIpc) is 2.61. The van der Waals surface area contributed by atoms with Crippen molar-refractivity contribution in [2.75, 3.05) is 5.32 Å². The number of carbonyl (C=O) groups excluding carboxylic acids is 3. The molecule has 6 heteroatoms. The van der Waals surface area contributed by atoms with Crippen LogP contribution in [-0.2, 0) is 16.0 Å². The molecule has 0 aliphatic carbocycles. The van der Waals surface area contributed by atoms with Crippen molar-refractivity contribution in [2.45, 2.75) is 33.1 Å². The van der Waals surface area contributed by atoms with E-state index in [9.17, 15) is 19.5 Å². The zero-order valence-corrected chi connectivity index (χ0v) is 14.7. The van der Waals surface area contributed by atoms with E-state index < -0.39 is 11.9 Å². The largest absolute Gasteiger partial charge is 0.545 e. The number of esters is 1. The van der Waals surface area contributed by atoms with E-state index in [0.29, 0.717) is 23.4 Å². The Kier molecular flexibility index (Phi) is 6.49. The van der Waals surface area contributed by atoms with Crippen molar-refractivity contribution in [3.05, 3.63) is 59.2 Å². The number of nitrogens with one attached hydrogen (secondary N) is 1. The Morgan fingerprint density at radius 3 is 2.35 bits per heavy atom. The molecule has 0 fully saturated rings. The van der Waals surface area contributed by atoms with E-state index in [1.165, 1.54) is 12.1 Å². The van der Waals surface area contributed by atoms with E-state index in [-0.39, 0.29) is 24.3 Å². The molecular weight excluding hydrogens is 334 g/mol. The van der Waals surface area contributed by atoms with Gasteiger partial charge in [0.1, 0.15) is 5.75 Å². The normalized spacial score (nSPS) is 10.2. The summed E-state index contributed by atoms with van der Waals surface area (Å²) in [7, 11) is 0. The van der Waals surface area contributed by atoms with Gasteiger partial charge in [-0.05, 0) is 43.2 Å². The minimum absolute atomic E-state index is 0.0333. The highest BCUT2D eigenvalue weighted by Crippen LogP contribution is 2.17. The Bertz CT molecular complexity index is 811. The Labute approximate surface area is 151 Å². The maximum Gasteiger partial charge on any atom is 0.311 e. The highest BCUT2D eigenvalue weighted by molar-refractivity contribution is 5.94. The zero-order valence-electron chi connectivity index (χ0n) is 14.7. The molecule has 0 unspecified atom stereocenters. The second-order valence-corrected chi connectivity index (χ2v) is 5.85. The maximum atomic E-state index is 12.0. The quantitative estimate of drug-likeness (QED) is 0.608. The third kappa shape index (κ3) is 5.44. The maximum absolute atomic E-state index is 12.0. The van der Waals surface area contributed by atoms with Crippen LogP contribution in [0, 0.1) is 6.92 Å². The number of anilines is 1. The number of amides is 1. The van der Waals surface area contributed by atoms with Gasteiger partial charge in [0.25, 0.3) is 0 Å². The molecule has 0 bridgehead atoms. The van der Waals surface area contributed by atoms with Crippen LogP contribution in [0.1, 0.15) is 41.3 Å². The van der Waals surface area contributed by atoms with E-state index in [1.807, 2.05) is 26.0 Å². The molecule has 0 aromatic heterocycles. The summed E-state index contributed by atoms with van der Waals surface area (Å²) in [6, 6.07) is 11.5. The van der Waals surface area contributed by atoms with E-state index in [4.69, 9.17) is 4.74 Å². The molecule has 1 amide bonds. The monoisotopic (exact) mass is 354 g/mol. The van der Waals surface area contributed by atoms with Crippen LogP contribution in [0.4, 0.5) is 5.69 Å². The first kappa shape index (κ1) is 19.2. The van der Waals surface area contributed by atoms with Crippen molar-refractivity contribution < 1.29 is 24.2 Å². The molecule has 2 rings (SSSR count). The number of hydrogen-bond acceptors (Lipinski definition) is 5. The minimum Gasteiger partial charge on any atom is -0.545 e. The molecule has 0 saturated carbocycles. The summed E-state index contributed by atoms with van der Waals surface area (Å²) in [6.07, 6.45) is 0.405. The second-order valence-electron chi connectivity index (χ2n) is 5.85. The van der Waals surface area contributed by atoms with Gasteiger partial charge >= 0.3 is 5.97 Å². The molecule has 0 radical (unpaired) electrons. The van der Waals surface area contributed by atoms with Crippen LogP contribution in [0.15, 0.2) is 42.5 Å². The van der Waals surface area contributed by atoms with Crippen LogP contribution in [0.3, 0.4) is 0 Å². The fourth-order valence-electron chi connectivity index (χ4n) is 2.39. The number of carboxylic acid groups (broad SMARTS) is 1. The van der Waals surface area contributed by atoms with E-state index in [0.717, 1.165) is 5.56 Å². The van der Waals surface area contributed by atoms with Gasteiger partial charge in [-0.3, -0.25) is 9.59 Å². The third-order valence-corrected chi connectivity index (χ3v) is 3.80. The molecule has 2 aromatic rings. The predicted molar refractivity (Wildman–Crippen MR) is 94.8 cm³/mol. The molecule has 0 atom stereocenters. The topological polar surface area (TPSA) is 95.5 Å². The molecule has 2 aromatic carbocycles. The molecule has 0 saturated heterocycles. The van der Waals surface area contributed by atoms with Gasteiger partial charge in [0, 0.05) is 17.7 Å². The number of rotatable bonds is 7. The summed E-state index contributed by atoms with van der Waals surface area (Å²) in [5, 5.41) is 13.7. The Hall–Kier alpha value is -3.15. The Balaban J connectivity index is 1.87. The van der Waals surface area contributed by atoms with E-state index >= 15 is 0 Å². The highest BCUT2D eigenvalue weighted by Gasteiger charge is 2.11. The van der Waals surface area contributed by atoms with Gasteiger partial charge in [-0.1, -0.05) is 30.7 Å². The lowest BCUT2D eigenvalue weighted by atomic mass is 10.0. The first-order valence-electron chi connectivity index (χ1n) is 8.30. The minimum atomic E-state index is -1.25. The van der Waals surface area contributed by atoms with Crippen LogP contribution in [0.2, 0.25) is 0 Å². The van der Waals surface area contributed by atoms with E-state index in [2.05, 4.69) is 5.32 Å². The van der Waals surface area contributed by atoms with Crippen molar-refractivity contribution in [3.63, 3.8) is 0 Å². The first-order chi connectivity index (χ1) is 12.4. The molecule has 0 aliphatic rings. The number of ether oxygens (including phenoxy) is 1. The molecule has 0 spiro atoms. The SMILES string of the molecule is CCc1cc(NC(=O)CCC(=O)Oc2ccc(C)cc2)ccc1C(=O)[O-]. The van der Waals surface area contributed by atoms with Crippen molar-refractivity contribution in [1.82, 2.24) is 0 Å². The number of carbonyl (C=O) groups is 3. The number of hydrogen-bond donors (Lipinski definition) is 1. The van der Waals surface area contributed by atoms with Gasteiger partial charge in [0.05, 0.1) is 12.4 Å². The van der Waals surface area contributed by atoms with Gasteiger partial charge in [-0.25, -0.2) is 0 Å². The number of aryl methyl sites for hydroxylation is 2. The van der Waals surface area contributed by atoms with Crippen LogP contribution < -0.4 is 15.2 Å². The molecule has 0 aliphatic heterocycles. The fraction of sp³-hybridized carbons (Fsp3) is 0.250. The van der Waals surface area contributed by atoms with Gasteiger partial charge in [-0.2, -0.15) is 0 Å². The fourth-order valence-corrected chi connectivity index (χ4v) is 2.39. The second kappa shape index (κ2) is 8.80. The Morgan fingerprint density at radius 1 is 1.04 bits per heavy atom. The van der Waals surface area contributed by atoms with Crippen LogP contribution >= 0.6 is 0 Å². The average molecular weight is 354 g/mol. The van der Waals surface area contributed by atoms with Crippen LogP contribution in [-0.4, -0.2) is 17.8 Å². The lowest BCUT2D eigenvalue weighted by molar-refractivity contribution is -0.255. The number of benzene rings is 2. The third-order valence-electron chi connectivity index (χ3n) is 3.80. The molecular formula is C20H20NO5-. The van der Waals surface area contributed by atoms with Crippen LogP contribution in [0.25, 0.3) is 0 Å². The van der Waals surface area contributed by atoms with Crippen molar-refractivity contribution in [1.29, 1.82) is 0 Å². The van der Waals surface area contributed by atoms with Crippen molar-refractivity contribution >= 4 is 23.5 Å². The van der Waals surface area contributed by atoms with E-state index in [1.54, 1.807) is 18.2 Å². The predicted octanol–water partition coefficient (Wildman–Crippen LogP) is 2.25. The highest BCUT2D eigenvalue weighted by atomic mass is 16.5. The van der Waals surface area contributed by atoms with Gasteiger partial charge in [0.2, 0.25) is 5.91 Å². The number of carboxylic acids is 1. The smallest absolute Gasteiger partial charge is 0.311 e. The molecule has 1 N–H and O–H groups in total. The van der Waals surface area contributed by atoms with Gasteiger partial charge < -0.3 is 20.0 Å². The molecule has 6 nitrogen and oxygen atoms in total. The summed E-state index contributed by atoms with van der Waals surface area (Å²) < 4.78 is 5.16. The van der Waals surface area contributed by atoms with Gasteiger partial charge in [0.15, 0.2) is 0 Å². The van der Waals surface area contributed by atoms with Gasteiger partial charge in [-0.15, -0.1) is 0 Å². The zero-order chi connectivity index (χ0) is 19.1. The number of aromatic carboxylic acids is 1. The first-order valence-corrected chi connectivity index (χ1v) is 8.30. The summed E-state index contributed by atoms with van der Waals surface area (Å²) in [4.78, 5) is 34.8. The lowest BCUT2D eigenvalue weighted by Gasteiger charge is -2.12. The molecule has 0 heterocycles. The summed E-state index contributed by atoms with van der Waals surface area (Å²) in [5.74, 6) is -1.66. The summed E-state index contributed by atoms with van der Waals surface area (Å²) in [5.41, 5.74) is 2.21. The molecule has 26 heavy (non-hydrogen) atoms. The lowest BCUT2D eigenvalue weighted by Crippen LogP contribution is -2.24. The van der Waals surface area contributed by atoms with Crippen molar-refractivity contribution in [2.24, 2.45) is 0 Å². The van der Waals surface area contributed by atoms with Crippen molar-refractivity contribution in [3.8, 4) is 5.75 Å². The summed E-state index contributed by atoms with van der Waals surface area (Å²) in [6.45, 7) is 3.74. The van der Waals surface area contributed by atoms with Crippen LogP contribution in [0.5, 0.6) is 5.75 Å². The standard InChI is InChI=1S/C20H21NO5/c1-3-14-12-15(6-9-17(14)20(24)25)21-18(22)10-11-19(23)26-16-7-4-13(2)5-8-16/h4-9,12H,3,10-11H2,1-2H3,(H,21,22)(H,24,25)/p-1. The Morgan fingerprint density at radius 2 is 1.73 bits per heavy atom. The summed E-state index contributed by atoms with van der Waals surface area (Å²) >= 11 is 0.